The van der Waals surface area contributed by atoms with E-state index in [1.165, 1.54) is 5.56 Å². The second-order valence-electron chi connectivity index (χ2n) is 9.12. The third-order valence-corrected chi connectivity index (χ3v) is 7.00. The van der Waals surface area contributed by atoms with Crippen LogP contribution in [0.15, 0.2) is 59.5 Å². The molecule has 0 unspecified atom stereocenters. The van der Waals surface area contributed by atoms with Crippen LogP contribution < -0.4 is 0 Å². The Morgan fingerprint density at radius 3 is 2.67 bits per heavy atom. The van der Waals surface area contributed by atoms with E-state index in [9.17, 15) is 4.79 Å². The van der Waals surface area contributed by atoms with Crippen molar-refractivity contribution in [2.24, 2.45) is 0 Å². The Morgan fingerprint density at radius 1 is 1.03 bits per heavy atom. The topological polar surface area (TPSA) is 89.5 Å². The lowest BCUT2D eigenvalue weighted by atomic mass is 9.90. The first-order chi connectivity index (χ1) is 17.7. The zero-order chi connectivity index (χ0) is 24.5. The summed E-state index contributed by atoms with van der Waals surface area (Å²) < 4.78 is 12.6. The van der Waals surface area contributed by atoms with Gasteiger partial charge >= 0.3 is 0 Å². The van der Waals surface area contributed by atoms with Gasteiger partial charge in [-0.15, -0.1) is 0 Å². The molecule has 1 fully saturated rings. The van der Waals surface area contributed by atoms with Gasteiger partial charge in [-0.05, 0) is 36.1 Å². The summed E-state index contributed by atoms with van der Waals surface area (Å²) in [5.41, 5.74) is 5.49. The molecule has 0 spiro atoms. The number of carbonyl (C=O) groups is 1. The molecular weight excluding hydrogens is 456 g/mol. The van der Waals surface area contributed by atoms with Crippen LogP contribution in [0.25, 0.3) is 28.7 Å². The van der Waals surface area contributed by atoms with Crippen molar-refractivity contribution in [1.82, 2.24) is 29.5 Å². The van der Waals surface area contributed by atoms with Gasteiger partial charge < -0.3 is 14.1 Å². The number of amides is 1. The molecule has 0 radical (unpaired) electrons. The molecule has 0 atom stereocenters. The molecule has 1 amide bonds. The molecule has 0 bridgehead atoms. The van der Waals surface area contributed by atoms with Crippen molar-refractivity contribution in [2.45, 2.75) is 12.8 Å². The summed E-state index contributed by atoms with van der Waals surface area (Å²) in [5, 5.41) is 4.58. The van der Waals surface area contributed by atoms with Crippen LogP contribution in [0.3, 0.4) is 0 Å². The van der Waals surface area contributed by atoms with Gasteiger partial charge in [-0.2, -0.15) is 9.78 Å². The quantitative estimate of drug-likeness (QED) is 0.415. The van der Waals surface area contributed by atoms with E-state index in [-0.39, 0.29) is 5.91 Å². The van der Waals surface area contributed by atoms with E-state index in [4.69, 9.17) is 14.1 Å². The molecule has 4 aromatic rings. The van der Waals surface area contributed by atoms with E-state index in [1.54, 1.807) is 30.3 Å². The Hall–Kier alpha value is -3.82. The third-order valence-electron chi connectivity index (χ3n) is 7.00. The van der Waals surface area contributed by atoms with E-state index in [2.05, 4.69) is 33.2 Å². The number of nitrogens with zero attached hydrogens (tertiary/aromatic N) is 6. The minimum absolute atomic E-state index is 0.0673. The fourth-order valence-electron chi connectivity index (χ4n) is 5.03. The third kappa shape index (κ3) is 4.10. The van der Waals surface area contributed by atoms with Gasteiger partial charge in [0.1, 0.15) is 5.69 Å². The molecule has 6 rings (SSSR count). The normalized spacial score (nSPS) is 15.5. The average molecular weight is 485 g/mol. The second kappa shape index (κ2) is 9.67. The van der Waals surface area contributed by atoms with Crippen LogP contribution in [0.4, 0.5) is 0 Å². The molecule has 36 heavy (non-hydrogen) atoms. The lowest BCUT2D eigenvalue weighted by Crippen LogP contribution is -2.49. The highest BCUT2D eigenvalue weighted by molar-refractivity contribution is 5.99. The molecule has 3 aromatic heterocycles. The van der Waals surface area contributed by atoms with Gasteiger partial charge in [0.2, 0.25) is 0 Å². The fourth-order valence-corrected chi connectivity index (χ4v) is 5.03. The van der Waals surface area contributed by atoms with Gasteiger partial charge in [-0.3, -0.25) is 9.69 Å². The summed E-state index contributed by atoms with van der Waals surface area (Å²) in [6, 6.07) is 12.0. The standard InChI is InChI=1S/C27H28N6O3/c1-35-16-14-31-10-12-32(13-11-31)26(34)22-18-29-33(25(22)23-7-4-15-36-23)27-28-17-20-9-8-19-5-2-3-6-21(19)24(20)30-27/h2-7,15,17-18H,8-14,16H2,1H3. The van der Waals surface area contributed by atoms with Crippen molar-refractivity contribution >= 4 is 5.91 Å². The number of methoxy groups -OCH3 is 1. The van der Waals surface area contributed by atoms with Crippen LogP contribution in [0.1, 0.15) is 21.5 Å². The lowest BCUT2D eigenvalue weighted by Gasteiger charge is -2.34. The summed E-state index contributed by atoms with van der Waals surface area (Å²) in [5.74, 6) is 0.902. The molecule has 184 valence electrons. The van der Waals surface area contributed by atoms with Gasteiger partial charge in [-0.1, -0.05) is 24.3 Å². The maximum Gasteiger partial charge on any atom is 0.257 e. The number of carbonyl (C=O) groups excluding carboxylic acids is 1. The molecular formula is C27H28N6O3. The molecule has 1 saturated heterocycles. The maximum absolute atomic E-state index is 13.6. The summed E-state index contributed by atoms with van der Waals surface area (Å²) in [7, 11) is 1.71. The number of ether oxygens (including phenoxy) is 1. The smallest absolute Gasteiger partial charge is 0.257 e. The highest BCUT2D eigenvalue weighted by atomic mass is 16.5. The van der Waals surface area contributed by atoms with Gasteiger partial charge in [0.25, 0.3) is 11.9 Å². The number of hydrogen-bond acceptors (Lipinski definition) is 7. The zero-order valence-corrected chi connectivity index (χ0v) is 20.3. The predicted octanol–water partition coefficient (Wildman–Crippen LogP) is 3.09. The van der Waals surface area contributed by atoms with Crippen molar-refractivity contribution in [1.29, 1.82) is 0 Å². The Kier molecular flexibility index (Phi) is 6.08. The SMILES string of the molecule is COCCN1CCN(C(=O)c2cnn(-c3ncc4c(n3)-c3ccccc3CC4)c2-c2ccco2)CC1. The van der Waals surface area contributed by atoms with E-state index < -0.39 is 0 Å². The molecule has 9 nitrogen and oxygen atoms in total. The first-order valence-electron chi connectivity index (χ1n) is 12.3. The van der Waals surface area contributed by atoms with E-state index in [1.807, 2.05) is 23.2 Å². The molecule has 0 N–H and O–H groups in total. The maximum atomic E-state index is 13.6. The minimum atomic E-state index is -0.0673. The monoisotopic (exact) mass is 484 g/mol. The summed E-state index contributed by atoms with van der Waals surface area (Å²) in [4.78, 5) is 27.4. The van der Waals surface area contributed by atoms with Crippen LogP contribution in [-0.4, -0.2) is 81.9 Å². The molecule has 1 aromatic carbocycles. The van der Waals surface area contributed by atoms with Crippen LogP contribution in [0.5, 0.6) is 0 Å². The van der Waals surface area contributed by atoms with E-state index in [0.717, 1.165) is 49.3 Å². The number of fused-ring (bicyclic) bond motifs is 3. The van der Waals surface area contributed by atoms with Gasteiger partial charge in [-0.25, -0.2) is 9.97 Å². The fraction of sp³-hybridized carbons (Fsp3) is 0.333. The highest BCUT2D eigenvalue weighted by Gasteiger charge is 2.29. The molecule has 1 aliphatic heterocycles. The number of furan rings is 1. The van der Waals surface area contributed by atoms with Crippen molar-refractivity contribution < 1.29 is 13.9 Å². The van der Waals surface area contributed by atoms with Crippen molar-refractivity contribution in [2.75, 3.05) is 46.4 Å². The van der Waals surface area contributed by atoms with Gasteiger partial charge in [0, 0.05) is 51.6 Å². The van der Waals surface area contributed by atoms with Crippen LogP contribution >= 0.6 is 0 Å². The molecule has 2 aliphatic rings. The molecule has 4 heterocycles. The number of hydrogen-bond donors (Lipinski definition) is 0. The zero-order valence-electron chi connectivity index (χ0n) is 20.3. The minimum Gasteiger partial charge on any atom is -0.463 e. The Labute approximate surface area is 209 Å². The highest BCUT2D eigenvalue weighted by Crippen LogP contribution is 2.33. The summed E-state index contributed by atoms with van der Waals surface area (Å²) >= 11 is 0. The number of aromatic nitrogens is 4. The summed E-state index contributed by atoms with van der Waals surface area (Å²) in [6.07, 6.45) is 6.95. The van der Waals surface area contributed by atoms with Crippen LogP contribution in [0, 0.1) is 0 Å². The van der Waals surface area contributed by atoms with Crippen molar-refractivity contribution in [3.63, 3.8) is 0 Å². The number of benzene rings is 1. The van der Waals surface area contributed by atoms with Crippen molar-refractivity contribution in [3.05, 3.63) is 71.7 Å². The second-order valence-corrected chi connectivity index (χ2v) is 9.12. The summed E-state index contributed by atoms with van der Waals surface area (Å²) in [6.45, 7) is 4.48. The molecule has 9 heteroatoms. The van der Waals surface area contributed by atoms with Crippen molar-refractivity contribution in [3.8, 4) is 28.7 Å². The molecule has 0 saturated carbocycles. The Morgan fingerprint density at radius 2 is 1.86 bits per heavy atom. The Balaban J connectivity index is 1.35. The largest absolute Gasteiger partial charge is 0.463 e. The molecule has 1 aliphatic carbocycles. The average Bonchev–Trinajstić information content (AvgIpc) is 3.62. The van der Waals surface area contributed by atoms with Gasteiger partial charge in [0.05, 0.1) is 30.3 Å². The number of aryl methyl sites for hydroxylation is 2. The van der Waals surface area contributed by atoms with Gasteiger partial charge in [0.15, 0.2) is 5.76 Å². The number of rotatable bonds is 6. The lowest BCUT2D eigenvalue weighted by molar-refractivity contribution is 0.0594. The Bertz CT molecular complexity index is 1370. The first kappa shape index (κ1) is 22.6. The number of piperazine rings is 1. The van der Waals surface area contributed by atoms with Crippen LogP contribution in [-0.2, 0) is 17.6 Å². The van der Waals surface area contributed by atoms with E-state index in [0.29, 0.717) is 42.7 Å². The van der Waals surface area contributed by atoms with E-state index >= 15 is 0 Å². The van der Waals surface area contributed by atoms with Crippen LogP contribution in [0.2, 0.25) is 0 Å². The first-order valence-corrected chi connectivity index (χ1v) is 12.3. The predicted molar refractivity (Wildman–Crippen MR) is 134 cm³/mol.